The molecule has 6 amide bonds. The van der Waals surface area contributed by atoms with Gasteiger partial charge in [0.15, 0.2) is 49.2 Å². The van der Waals surface area contributed by atoms with Crippen molar-refractivity contribution in [1.29, 1.82) is 0 Å². The van der Waals surface area contributed by atoms with E-state index in [1.54, 1.807) is 100 Å². The maximum Gasteiger partial charge on any atom is 0.407 e. The van der Waals surface area contributed by atoms with E-state index in [0.717, 1.165) is 33.4 Å². The third-order valence-corrected chi connectivity index (χ3v) is 17.1. The summed E-state index contributed by atoms with van der Waals surface area (Å²) in [5.74, 6) is -8.91. The molecule has 6 aromatic rings. The van der Waals surface area contributed by atoms with E-state index in [1.165, 1.54) is 87.0 Å². The number of carbonyl (C=O) groups is 12. The molecular formula is C76H82N6O24. The Morgan fingerprint density at radius 1 is 0.349 bits per heavy atom. The predicted molar refractivity (Wildman–Crippen MR) is 371 cm³/mol. The number of nitrogens with one attached hydrogen (secondary N) is 6. The maximum atomic E-state index is 14.0. The Balaban J connectivity index is 0.865. The van der Waals surface area contributed by atoms with Gasteiger partial charge in [0.25, 0.3) is 0 Å². The lowest BCUT2D eigenvalue weighted by molar-refractivity contribution is -0.291. The van der Waals surface area contributed by atoms with Crippen LogP contribution in [0.5, 0.6) is 0 Å². The summed E-state index contributed by atoms with van der Waals surface area (Å²) in [6.07, 6.45) is -19.9. The molecule has 0 saturated carbocycles. The first-order valence-electron chi connectivity index (χ1n) is 33.8. The van der Waals surface area contributed by atoms with E-state index in [1.807, 2.05) is 13.8 Å². The number of benzene rings is 6. The van der Waals surface area contributed by atoms with Gasteiger partial charge < -0.3 is 88.7 Å². The van der Waals surface area contributed by atoms with E-state index in [9.17, 15) is 57.5 Å². The van der Waals surface area contributed by atoms with Gasteiger partial charge in [0, 0.05) is 53.2 Å². The Kier molecular flexibility index (Phi) is 27.6. The number of alkyl carbamates (subject to hydrolysis) is 2. The highest BCUT2D eigenvalue weighted by atomic mass is 16.7. The number of aryl methyl sites for hydroxylation is 6. The molecule has 30 nitrogen and oxygen atoms in total. The van der Waals surface area contributed by atoms with Crippen molar-refractivity contribution in [2.24, 2.45) is 0 Å². The van der Waals surface area contributed by atoms with Crippen LogP contribution >= 0.6 is 0 Å². The molecule has 9 rings (SSSR count). The highest BCUT2D eigenvalue weighted by molar-refractivity contribution is 5.94. The van der Waals surface area contributed by atoms with Crippen LogP contribution in [0, 0.1) is 41.5 Å². The normalized spacial score (nSPS) is 22.9. The molecule has 30 heteroatoms. The van der Waals surface area contributed by atoms with Crippen LogP contribution in [0.15, 0.2) is 146 Å². The van der Waals surface area contributed by atoms with Gasteiger partial charge in [-0.2, -0.15) is 0 Å². The summed E-state index contributed by atoms with van der Waals surface area (Å²) in [4.78, 5) is 166. The van der Waals surface area contributed by atoms with E-state index < -0.39 is 197 Å². The lowest BCUT2D eigenvalue weighted by Gasteiger charge is -2.44. The summed E-state index contributed by atoms with van der Waals surface area (Å²) in [5, 5.41) is 14.7. The first kappa shape index (κ1) is 78.5. The third kappa shape index (κ3) is 21.7. The van der Waals surface area contributed by atoms with Crippen LogP contribution in [0.3, 0.4) is 0 Å². The number of hydrogen-bond donors (Lipinski definition) is 6. The lowest BCUT2D eigenvalue weighted by Crippen LogP contribution is -2.63. The van der Waals surface area contributed by atoms with Crippen molar-refractivity contribution in [3.8, 4) is 0 Å². The van der Waals surface area contributed by atoms with E-state index in [4.69, 9.17) is 56.8 Å². The number of carbonyl (C=O) groups excluding carboxylic acids is 12. The van der Waals surface area contributed by atoms with Gasteiger partial charge in [-0.25, -0.2) is 38.4 Å². The number of methoxy groups -OCH3 is 2. The number of hydrogen-bond acceptors (Lipinski definition) is 24. The molecular weight excluding hydrogens is 1380 g/mol. The van der Waals surface area contributed by atoms with Crippen molar-refractivity contribution in [3.05, 3.63) is 212 Å². The molecule has 3 aliphatic rings. The molecule has 106 heavy (non-hydrogen) atoms. The van der Waals surface area contributed by atoms with E-state index in [0.29, 0.717) is 0 Å². The Bertz CT molecular complexity index is 3860. The average molecular weight is 1460 g/mol. The molecule has 6 aromatic carbocycles. The van der Waals surface area contributed by atoms with Gasteiger partial charge in [-0.15, -0.1) is 0 Å². The number of rotatable bonds is 20. The first-order chi connectivity index (χ1) is 50.8. The molecule has 0 unspecified atom stereocenters. The highest BCUT2D eigenvalue weighted by Gasteiger charge is 2.55. The monoisotopic (exact) mass is 1460 g/mol. The van der Waals surface area contributed by atoms with E-state index in [-0.39, 0.29) is 33.4 Å². The number of esters is 6. The van der Waals surface area contributed by atoms with Crippen LogP contribution in [-0.2, 0) is 76.0 Å². The fourth-order valence-corrected chi connectivity index (χ4v) is 11.1. The van der Waals surface area contributed by atoms with E-state index >= 15 is 0 Å². The quantitative estimate of drug-likeness (QED) is 0.0412. The fraction of sp³-hybridized carbons (Fsp3) is 0.368. The van der Waals surface area contributed by atoms with Gasteiger partial charge in [0.1, 0.15) is 37.5 Å². The predicted octanol–water partition coefficient (Wildman–Crippen LogP) is 5.38. The summed E-state index contributed by atoms with van der Waals surface area (Å²) >= 11 is 0. The molecule has 0 aromatic heterocycles. The van der Waals surface area contributed by atoms with Gasteiger partial charge in [0.05, 0.1) is 33.4 Å². The second kappa shape index (κ2) is 37.2. The van der Waals surface area contributed by atoms with Crippen molar-refractivity contribution in [3.63, 3.8) is 0 Å². The van der Waals surface area contributed by atoms with Crippen LogP contribution in [0.4, 0.5) is 9.59 Å². The Morgan fingerprint density at radius 2 is 0.585 bits per heavy atom. The molecule has 0 spiro atoms. The van der Waals surface area contributed by atoms with Gasteiger partial charge in [-0.3, -0.25) is 19.2 Å². The Morgan fingerprint density at radius 3 is 0.830 bits per heavy atom. The minimum absolute atomic E-state index is 0.0525. The van der Waals surface area contributed by atoms with E-state index in [2.05, 4.69) is 31.9 Å². The summed E-state index contributed by atoms with van der Waals surface area (Å²) in [7, 11) is 2.40. The van der Waals surface area contributed by atoms with Crippen molar-refractivity contribution in [2.45, 2.75) is 128 Å². The molecule has 0 bridgehead atoms. The van der Waals surface area contributed by atoms with Crippen molar-refractivity contribution >= 4 is 71.6 Å². The van der Waals surface area contributed by atoms with Gasteiger partial charge in [-0.05, 0) is 114 Å². The molecule has 12 atom stereocenters. The second-order valence-electron chi connectivity index (χ2n) is 25.3. The summed E-state index contributed by atoms with van der Waals surface area (Å²) < 4.78 is 71.3. The Labute approximate surface area is 609 Å². The van der Waals surface area contributed by atoms with Crippen molar-refractivity contribution in [1.82, 2.24) is 31.9 Å². The number of ether oxygens (including phenoxy) is 12. The zero-order chi connectivity index (χ0) is 76.1. The summed E-state index contributed by atoms with van der Waals surface area (Å²) in [6.45, 7) is 7.21. The first-order valence-corrected chi connectivity index (χ1v) is 33.8. The largest absolute Gasteiger partial charge is 0.452 e. The zero-order valence-corrected chi connectivity index (χ0v) is 59.2. The lowest BCUT2D eigenvalue weighted by atomic mass is 9.97. The second-order valence-corrected chi connectivity index (χ2v) is 25.3. The molecule has 3 heterocycles. The smallest absolute Gasteiger partial charge is 0.407 e. The summed E-state index contributed by atoms with van der Waals surface area (Å²) in [6, 6.07) is 34.7. The third-order valence-electron chi connectivity index (χ3n) is 17.1. The molecule has 6 N–H and O–H groups in total. The van der Waals surface area contributed by atoms with Crippen LogP contribution in [0.25, 0.3) is 0 Å². The molecule has 3 aliphatic heterocycles. The topological polar surface area (TPSA) is 388 Å². The molecule has 0 radical (unpaired) electrons. The summed E-state index contributed by atoms with van der Waals surface area (Å²) in [5.41, 5.74) is 5.36. The minimum atomic E-state index is -1.72. The van der Waals surface area contributed by atoms with Gasteiger partial charge in [0.2, 0.25) is 23.6 Å². The van der Waals surface area contributed by atoms with Gasteiger partial charge >= 0.3 is 48.0 Å². The SMILES string of the molecule is CO[C@H]1O[C@H](COC(=O)N[C@H]2CNC(=O)CCNC(=O)[C@@H](NC(=O)OC[C@H]3O[C@H](OC)[C@H](OC(=O)c4ccc(C)cc4)[C@@H](OC(=O)c4ccc(C)cc4)[C@H]3OC(=O)c3ccc(C)cc3)CNC(=O)CCNC2=O)[C@@H](OC(=O)c2ccc(C)cc2)[C@H](OC(=O)c2ccc(C)cc2)[C@@H]1OC(=O)c1ccc(C)cc1. The van der Waals surface area contributed by atoms with Crippen molar-refractivity contribution < 1.29 is 114 Å². The average Bonchev–Trinajstić information content (AvgIpc) is 0.781. The highest BCUT2D eigenvalue weighted by Crippen LogP contribution is 2.34. The number of amides is 6. The fourth-order valence-electron chi connectivity index (χ4n) is 11.1. The van der Waals surface area contributed by atoms with Crippen LogP contribution < -0.4 is 31.9 Å². The maximum absolute atomic E-state index is 14.0. The zero-order valence-electron chi connectivity index (χ0n) is 59.2. The molecule has 560 valence electrons. The minimum Gasteiger partial charge on any atom is -0.452 e. The Hall–Kier alpha value is -11.6. The van der Waals surface area contributed by atoms with Crippen molar-refractivity contribution in [2.75, 3.05) is 53.6 Å². The van der Waals surface area contributed by atoms with Crippen LogP contribution in [0.1, 0.15) is 108 Å². The molecule has 0 aliphatic carbocycles. The standard InChI is InChI=1S/C76H82N6O24/c1-41-9-21-47(22-10-41)67(87)101-59-55(99-73(95-7)63(105-71(91)51-29-17-45(5)18-30-51)61(59)103-69(89)49-25-13-43(3)14-26-49)39-97-75(93)81-53-37-79-57(83)34-36-78-66(86)54(38-80-58(84)33-35-77-65(53)85)82-76(94)98-40-56-60(102-68(88)48-23-11-42(2)12-24-48)62(104-70(90)50-27-15-44(4)16-28-50)64(74(96-8)100-56)106-72(92)52-31-19-46(6)20-32-52/h9-32,53-56,59-64,73-74H,33-40H2,1-8H3,(H,77,85)(H,78,86)(H,79,83)(H,80,84)(H,81,93)(H,82,94)/t53-,54-,55+,56+,59-,60+,61-,62-,63+,64-,73-,74-/m0/s1. The van der Waals surface area contributed by atoms with Crippen LogP contribution in [0.2, 0.25) is 0 Å². The van der Waals surface area contributed by atoms with Crippen LogP contribution in [-0.4, -0.2) is 199 Å². The molecule has 3 fully saturated rings. The van der Waals surface area contributed by atoms with Gasteiger partial charge in [-0.1, -0.05) is 106 Å². The molecule has 3 saturated heterocycles.